The zero-order chi connectivity index (χ0) is 26.8. The lowest BCUT2D eigenvalue weighted by molar-refractivity contribution is 0.409. The van der Waals surface area contributed by atoms with Crippen LogP contribution in [-0.2, 0) is 6.42 Å². The summed E-state index contributed by atoms with van der Waals surface area (Å²) in [5, 5.41) is 3.32. The molecule has 1 aliphatic heterocycles. The first-order valence-electron chi connectivity index (χ1n) is 14.3. The standard InChI is InChI=1S/C33H36FN5/c1-3-18-35-33-36-19-17-29(37-33)32-31(25-11-13-27(34)14-12-25)38-30-16-15-28(39(30)32)21-23-6-9-24-8-5-22(4-2)20-26(24)10-7-23/h4-5,7-8,10-14,17,19,22-23,28H,2-3,6,9,15-16,18,20-21H2,1H3,(H,35,36,37)/t22?,23-,28?/m0/s1. The van der Waals surface area contributed by atoms with E-state index in [0.29, 0.717) is 23.8 Å². The highest BCUT2D eigenvalue weighted by atomic mass is 19.1. The number of hydrogen-bond acceptors (Lipinski definition) is 4. The van der Waals surface area contributed by atoms with Crippen LogP contribution in [0.15, 0.2) is 84.6 Å². The van der Waals surface area contributed by atoms with Crippen molar-refractivity contribution in [2.75, 3.05) is 11.9 Å². The molecule has 1 N–H and O–H groups in total. The Kier molecular flexibility index (Phi) is 7.27. The summed E-state index contributed by atoms with van der Waals surface area (Å²) in [6, 6.07) is 8.95. The Bertz CT molecular complexity index is 1450. The Balaban J connectivity index is 1.33. The van der Waals surface area contributed by atoms with Gasteiger partial charge >= 0.3 is 0 Å². The van der Waals surface area contributed by atoms with E-state index in [1.165, 1.54) is 23.3 Å². The summed E-state index contributed by atoms with van der Waals surface area (Å²) in [5.74, 6) is 2.40. The highest BCUT2D eigenvalue weighted by Crippen LogP contribution is 2.43. The topological polar surface area (TPSA) is 55.6 Å². The van der Waals surface area contributed by atoms with E-state index >= 15 is 0 Å². The van der Waals surface area contributed by atoms with Crippen LogP contribution in [0.4, 0.5) is 10.3 Å². The number of halogens is 1. The SMILES string of the molecule is C=CC1C=CC2=C(C=C[C@@H](CC3CCc4nc(-c5ccc(F)cc5)c(-c5ccnc(NCCC)n5)n43)CC2)C1. The van der Waals surface area contributed by atoms with E-state index in [2.05, 4.69) is 52.7 Å². The number of fused-ring (bicyclic) bond motifs is 1. The highest BCUT2D eigenvalue weighted by molar-refractivity contribution is 5.78. The normalized spacial score (nSPS) is 21.9. The number of nitrogens with zero attached hydrogens (tertiary/aromatic N) is 4. The average molecular weight is 522 g/mol. The van der Waals surface area contributed by atoms with Crippen LogP contribution in [0.1, 0.15) is 57.3 Å². The number of imidazole rings is 1. The van der Waals surface area contributed by atoms with Crippen LogP contribution in [0.25, 0.3) is 22.6 Å². The first kappa shape index (κ1) is 25.5. The molecule has 0 fully saturated rings. The molecule has 2 unspecified atom stereocenters. The number of nitrogens with one attached hydrogen (secondary N) is 1. The molecule has 0 bridgehead atoms. The maximum absolute atomic E-state index is 13.8. The van der Waals surface area contributed by atoms with Gasteiger partial charge in [0.25, 0.3) is 0 Å². The molecule has 1 aromatic carbocycles. The van der Waals surface area contributed by atoms with Crippen LogP contribution in [0.3, 0.4) is 0 Å². The first-order chi connectivity index (χ1) is 19.1. The van der Waals surface area contributed by atoms with Gasteiger partial charge in [-0.1, -0.05) is 37.3 Å². The van der Waals surface area contributed by atoms with Crippen molar-refractivity contribution in [1.29, 1.82) is 0 Å². The van der Waals surface area contributed by atoms with E-state index in [0.717, 1.165) is 80.0 Å². The van der Waals surface area contributed by atoms with Crippen LogP contribution >= 0.6 is 0 Å². The molecule has 3 aliphatic rings. The first-order valence-corrected chi connectivity index (χ1v) is 14.3. The molecule has 0 spiro atoms. The predicted octanol–water partition coefficient (Wildman–Crippen LogP) is 7.87. The van der Waals surface area contributed by atoms with E-state index in [-0.39, 0.29) is 5.82 Å². The van der Waals surface area contributed by atoms with Gasteiger partial charge in [-0.15, -0.1) is 6.58 Å². The molecule has 0 radical (unpaired) electrons. The van der Waals surface area contributed by atoms with Crippen LogP contribution in [0.2, 0.25) is 0 Å². The maximum Gasteiger partial charge on any atom is 0.223 e. The largest absolute Gasteiger partial charge is 0.354 e. The predicted molar refractivity (Wildman–Crippen MR) is 156 cm³/mol. The quantitative estimate of drug-likeness (QED) is 0.307. The lowest BCUT2D eigenvalue weighted by Gasteiger charge is -2.21. The van der Waals surface area contributed by atoms with Crippen LogP contribution in [0, 0.1) is 17.7 Å². The van der Waals surface area contributed by atoms with Crippen molar-refractivity contribution in [2.24, 2.45) is 11.8 Å². The van der Waals surface area contributed by atoms with Crippen molar-refractivity contribution >= 4 is 5.95 Å². The molecule has 0 amide bonds. The second-order valence-corrected chi connectivity index (χ2v) is 10.9. The summed E-state index contributed by atoms with van der Waals surface area (Å²) in [6.07, 6.45) is 20.7. The van der Waals surface area contributed by atoms with E-state index in [9.17, 15) is 4.39 Å². The second kappa shape index (κ2) is 11.1. The number of allylic oxidation sites excluding steroid dienone is 7. The summed E-state index contributed by atoms with van der Waals surface area (Å²) in [5.41, 5.74) is 6.57. The zero-order valence-corrected chi connectivity index (χ0v) is 22.6. The van der Waals surface area contributed by atoms with Crippen molar-refractivity contribution in [2.45, 2.75) is 57.9 Å². The molecule has 6 heteroatoms. The number of anilines is 1. The Hall–Kier alpha value is -3.80. The second-order valence-electron chi connectivity index (χ2n) is 10.9. The smallest absolute Gasteiger partial charge is 0.223 e. The Morgan fingerprint density at radius 1 is 1.05 bits per heavy atom. The summed E-state index contributed by atoms with van der Waals surface area (Å²) in [6.45, 7) is 6.93. The monoisotopic (exact) mass is 521 g/mol. The highest BCUT2D eigenvalue weighted by Gasteiger charge is 2.32. The fraction of sp³-hybridized carbons (Fsp3) is 0.364. The zero-order valence-electron chi connectivity index (χ0n) is 22.6. The summed E-state index contributed by atoms with van der Waals surface area (Å²) in [4.78, 5) is 14.5. The molecule has 5 nitrogen and oxygen atoms in total. The van der Waals surface area contributed by atoms with Crippen LogP contribution in [0.5, 0.6) is 0 Å². The molecule has 3 atom stereocenters. The molecule has 2 aliphatic carbocycles. The van der Waals surface area contributed by atoms with Crippen molar-refractivity contribution < 1.29 is 4.39 Å². The van der Waals surface area contributed by atoms with Crippen molar-refractivity contribution in [3.63, 3.8) is 0 Å². The number of aromatic nitrogens is 4. The molecular formula is C33H36FN5. The molecule has 3 heterocycles. The number of rotatable bonds is 8. The third kappa shape index (κ3) is 5.25. The molecular weight excluding hydrogens is 485 g/mol. The van der Waals surface area contributed by atoms with Gasteiger partial charge in [0.05, 0.1) is 17.1 Å². The Labute approximate surface area is 230 Å². The summed E-state index contributed by atoms with van der Waals surface area (Å²) in [7, 11) is 0. The van der Waals surface area contributed by atoms with E-state index < -0.39 is 0 Å². The van der Waals surface area contributed by atoms with Gasteiger partial charge in [-0.2, -0.15) is 0 Å². The number of benzene rings is 1. The number of aryl methyl sites for hydroxylation is 1. The minimum atomic E-state index is -0.247. The molecule has 0 saturated heterocycles. The fourth-order valence-corrected chi connectivity index (χ4v) is 6.18. The van der Waals surface area contributed by atoms with E-state index in [1.807, 2.05) is 30.5 Å². The van der Waals surface area contributed by atoms with Gasteiger partial charge in [0.2, 0.25) is 5.95 Å². The molecule has 6 rings (SSSR count). The van der Waals surface area contributed by atoms with Gasteiger partial charge < -0.3 is 9.88 Å². The van der Waals surface area contributed by atoms with Gasteiger partial charge in [0, 0.05) is 30.8 Å². The van der Waals surface area contributed by atoms with Crippen molar-refractivity contribution in [1.82, 2.24) is 19.5 Å². The summed E-state index contributed by atoms with van der Waals surface area (Å²) < 4.78 is 16.2. The Morgan fingerprint density at radius 3 is 2.72 bits per heavy atom. The lowest BCUT2D eigenvalue weighted by atomic mass is 9.88. The third-order valence-corrected chi connectivity index (χ3v) is 8.24. The maximum atomic E-state index is 13.8. The summed E-state index contributed by atoms with van der Waals surface area (Å²) >= 11 is 0. The Morgan fingerprint density at radius 2 is 1.90 bits per heavy atom. The van der Waals surface area contributed by atoms with E-state index in [1.54, 1.807) is 0 Å². The minimum absolute atomic E-state index is 0.247. The lowest BCUT2D eigenvalue weighted by Crippen LogP contribution is -2.12. The van der Waals surface area contributed by atoms with Crippen molar-refractivity contribution in [3.05, 3.63) is 96.3 Å². The van der Waals surface area contributed by atoms with Gasteiger partial charge in [0.1, 0.15) is 11.6 Å². The molecule has 0 saturated carbocycles. The van der Waals surface area contributed by atoms with E-state index in [4.69, 9.17) is 9.97 Å². The average Bonchev–Trinajstić information content (AvgIpc) is 3.46. The minimum Gasteiger partial charge on any atom is -0.354 e. The molecule has 200 valence electrons. The van der Waals surface area contributed by atoms with Crippen LogP contribution < -0.4 is 5.32 Å². The van der Waals surface area contributed by atoms with Gasteiger partial charge in [-0.05, 0) is 91.8 Å². The van der Waals surface area contributed by atoms with Crippen molar-refractivity contribution in [3.8, 4) is 22.6 Å². The molecule has 39 heavy (non-hydrogen) atoms. The van der Waals surface area contributed by atoms with Gasteiger partial charge in [-0.25, -0.2) is 19.3 Å². The van der Waals surface area contributed by atoms with Crippen LogP contribution in [-0.4, -0.2) is 26.1 Å². The van der Waals surface area contributed by atoms with Gasteiger partial charge in [-0.3, -0.25) is 0 Å². The number of hydrogen-bond donors (Lipinski definition) is 1. The molecule has 2 aromatic heterocycles. The fourth-order valence-electron chi connectivity index (χ4n) is 6.18. The molecule has 3 aromatic rings. The van der Waals surface area contributed by atoms with Gasteiger partial charge in [0.15, 0.2) is 0 Å². The third-order valence-electron chi connectivity index (χ3n) is 8.24.